The molecule has 1 atom stereocenters. The minimum absolute atomic E-state index is 0.183. The summed E-state index contributed by atoms with van der Waals surface area (Å²) in [6, 6.07) is 4.71. The van der Waals surface area contributed by atoms with Crippen molar-refractivity contribution in [3.63, 3.8) is 0 Å². The molecule has 1 fully saturated rings. The van der Waals surface area contributed by atoms with Crippen LogP contribution < -0.4 is 0 Å². The monoisotopic (exact) mass is 295 g/mol. The van der Waals surface area contributed by atoms with Gasteiger partial charge >= 0.3 is 5.97 Å². The number of likely N-dealkylation sites (tertiary alicyclic amines) is 1. The number of carboxylic acids is 1. The van der Waals surface area contributed by atoms with Crippen molar-refractivity contribution < 1.29 is 19.8 Å². The van der Waals surface area contributed by atoms with Gasteiger partial charge in [-0.05, 0) is 30.2 Å². The summed E-state index contributed by atoms with van der Waals surface area (Å²) in [6.07, 6.45) is 2.48. The van der Waals surface area contributed by atoms with E-state index >= 15 is 0 Å². The van der Waals surface area contributed by atoms with Gasteiger partial charge in [-0.25, -0.2) is 4.79 Å². The molecule has 2 rings (SSSR count). The van der Waals surface area contributed by atoms with E-state index in [0.29, 0.717) is 35.7 Å². The molecule has 0 radical (unpaired) electrons. The van der Waals surface area contributed by atoms with Gasteiger partial charge in [-0.15, -0.1) is 0 Å². The molecule has 106 valence electrons. The normalized spacial score (nSPS) is 18.7. The van der Waals surface area contributed by atoms with E-state index in [0.717, 1.165) is 6.08 Å². The number of carbonyl (C=O) groups excluding carboxylic acids is 1. The SMILES string of the molecule is O=C(O)/C=C/c1ccc(C(=O)N2CCC(O)C2)cc1Cl. The lowest BCUT2D eigenvalue weighted by Gasteiger charge is -2.15. The molecule has 1 aromatic rings. The number of hydrogen-bond acceptors (Lipinski definition) is 3. The first-order valence-corrected chi connectivity index (χ1v) is 6.53. The molecule has 6 heteroatoms. The Labute approximate surface area is 121 Å². The third-order valence-electron chi connectivity index (χ3n) is 3.10. The van der Waals surface area contributed by atoms with Crippen LogP contribution in [0.15, 0.2) is 24.3 Å². The van der Waals surface area contributed by atoms with Crippen LogP contribution in [0, 0.1) is 0 Å². The number of rotatable bonds is 3. The number of hydrogen-bond donors (Lipinski definition) is 2. The summed E-state index contributed by atoms with van der Waals surface area (Å²) in [5.41, 5.74) is 0.962. The van der Waals surface area contributed by atoms with E-state index in [2.05, 4.69) is 0 Å². The Bertz CT molecular complexity index is 570. The maximum absolute atomic E-state index is 12.2. The summed E-state index contributed by atoms with van der Waals surface area (Å²) in [6.45, 7) is 0.857. The first-order valence-electron chi connectivity index (χ1n) is 6.15. The number of carbonyl (C=O) groups is 2. The zero-order valence-corrected chi connectivity index (χ0v) is 11.4. The second kappa shape index (κ2) is 6.07. The number of aliphatic carboxylic acids is 1. The highest BCUT2D eigenvalue weighted by atomic mass is 35.5. The Morgan fingerprint density at radius 2 is 2.15 bits per heavy atom. The van der Waals surface area contributed by atoms with Gasteiger partial charge < -0.3 is 15.1 Å². The number of amides is 1. The molecular weight excluding hydrogens is 282 g/mol. The van der Waals surface area contributed by atoms with Gasteiger partial charge in [0.05, 0.1) is 6.10 Å². The molecular formula is C14H14ClNO4. The molecule has 0 spiro atoms. The fourth-order valence-corrected chi connectivity index (χ4v) is 2.31. The highest BCUT2D eigenvalue weighted by Gasteiger charge is 2.25. The number of β-amino-alcohol motifs (C(OH)–C–C–N with tert-alkyl or cyclic N) is 1. The van der Waals surface area contributed by atoms with Crippen LogP contribution in [0.5, 0.6) is 0 Å². The maximum Gasteiger partial charge on any atom is 0.328 e. The number of halogens is 1. The van der Waals surface area contributed by atoms with E-state index in [4.69, 9.17) is 16.7 Å². The van der Waals surface area contributed by atoms with E-state index in [-0.39, 0.29) is 5.91 Å². The number of carboxylic acid groups (broad SMARTS) is 1. The highest BCUT2D eigenvalue weighted by Crippen LogP contribution is 2.21. The van der Waals surface area contributed by atoms with Crippen LogP contribution in [0.25, 0.3) is 6.08 Å². The van der Waals surface area contributed by atoms with Gasteiger partial charge in [-0.2, -0.15) is 0 Å². The molecule has 5 nitrogen and oxygen atoms in total. The van der Waals surface area contributed by atoms with Crippen LogP contribution in [0.4, 0.5) is 0 Å². The quantitative estimate of drug-likeness (QED) is 0.831. The van der Waals surface area contributed by atoms with E-state index in [9.17, 15) is 14.7 Å². The van der Waals surface area contributed by atoms with Crippen molar-refractivity contribution in [2.45, 2.75) is 12.5 Å². The summed E-state index contributed by atoms with van der Waals surface area (Å²) < 4.78 is 0. The smallest absolute Gasteiger partial charge is 0.328 e. The Morgan fingerprint density at radius 1 is 1.40 bits per heavy atom. The van der Waals surface area contributed by atoms with Gasteiger partial charge in [0.2, 0.25) is 0 Å². The topological polar surface area (TPSA) is 77.8 Å². The molecule has 1 saturated heterocycles. The first kappa shape index (κ1) is 14.6. The van der Waals surface area contributed by atoms with Gasteiger partial charge in [0.1, 0.15) is 0 Å². The summed E-state index contributed by atoms with van der Waals surface area (Å²) in [4.78, 5) is 24.2. The van der Waals surface area contributed by atoms with E-state index in [1.807, 2.05) is 0 Å². The minimum atomic E-state index is -1.06. The zero-order chi connectivity index (χ0) is 14.7. The van der Waals surface area contributed by atoms with Gasteiger partial charge in [0.15, 0.2) is 0 Å². The van der Waals surface area contributed by atoms with Crippen molar-refractivity contribution in [2.75, 3.05) is 13.1 Å². The lowest BCUT2D eigenvalue weighted by Crippen LogP contribution is -2.29. The van der Waals surface area contributed by atoms with Crippen molar-refractivity contribution in [3.05, 3.63) is 40.4 Å². The molecule has 0 aromatic heterocycles. The third kappa shape index (κ3) is 3.37. The molecule has 0 saturated carbocycles. The fourth-order valence-electron chi connectivity index (χ4n) is 2.07. The van der Waals surface area contributed by atoms with Gasteiger partial charge in [-0.1, -0.05) is 17.7 Å². The van der Waals surface area contributed by atoms with Crippen LogP contribution in [-0.2, 0) is 4.79 Å². The molecule has 1 aliphatic rings. The fraction of sp³-hybridized carbons (Fsp3) is 0.286. The van der Waals surface area contributed by atoms with Gasteiger partial charge in [0, 0.05) is 29.8 Å². The van der Waals surface area contributed by atoms with Gasteiger partial charge in [0.25, 0.3) is 5.91 Å². The molecule has 1 aliphatic heterocycles. The Morgan fingerprint density at radius 3 is 2.70 bits per heavy atom. The molecule has 2 N–H and O–H groups in total. The predicted octanol–water partition coefficient (Wildman–Crippen LogP) is 1.64. The average Bonchev–Trinajstić information content (AvgIpc) is 2.83. The number of nitrogens with zero attached hydrogens (tertiary/aromatic N) is 1. The molecule has 1 heterocycles. The third-order valence-corrected chi connectivity index (χ3v) is 3.43. The number of aliphatic hydroxyl groups is 1. The minimum Gasteiger partial charge on any atom is -0.478 e. The van der Waals surface area contributed by atoms with Crippen LogP contribution >= 0.6 is 11.6 Å². The van der Waals surface area contributed by atoms with Crippen molar-refractivity contribution in [1.29, 1.82) is 0 Å². The lowest BCUT2D eigenvalue weighted by atomic mass is 10.1. The maximum atomic E-state index is 12.2. The standard InChI is InChI=1S/C14H14ClNO4/c15-12-7-10(2-1-9(12)3-4-13(18)19)14(20)16-6-5-11(17)8-16/h1-4,7,11,17H,5-6,8H2,(H,18,19)/b4-3+. The molecule has 1 aromatic carbocycles. The van der Waals surface area contributed by atoms with Crippen molar-refractivity contribution >= 4 is 29.6 Å². The predicted molar refractivity (Wildman–Crippen MR) is 74.6 cm³/mol. The van der Waals surface area contributed by atoms with Crippen LogP contribution in [0.3, 0.4) is 0 Å². The van der Waals surface area contributed by atoms with Crippen molar-refractivity contribution in [2.24, 2.45) is 0 Å². The Balaban J connectivity index is 2.16. The van der Waals surface area contributed by atoms with E-state index in [1.165, 1.54) is 12.1 Å². The Hall–Kier alpha value is -1.85. The second-order valence-corrected chi connectivity index (χ2v) is 5.01. The van der Waals surface area contributed by atoms with E-state index < -0.39 is 12.1 Å². The van der Waals surface area contributed by atoms with Crippen molar-refractivity contribution in [1.82, 2.24) is 4.90 Å². The molecule has 1 amide bonds. The largest absolute Gasteiger partial charge is 0.478 e. The summed E-state index contributed by atoms with van der Waals surface area (Å²) in [5, 5.41) is 18.3. The molecule has 0 bridgehead atoms. The lowest BCUT2D eigenvalue weighted by molar-refractivity contribution is -0.131. The van der Waals surface area contributed by atoms with Crippen molar-refractivity contribution in [3.8, 4) is 0 Å². The van der Waals surface area contributed by atoms with Crippen LogP contribution in [0.1, 0.15) is 22.3 Å². The molecule has 20 heavy (non-hydrogen) atoms. The Kier molecular flexibility index (Phi) is 4.42. The molecule has 1 unspecified atom stereocenters. The summed E-state index contributed by atoms with van der Waals surface area (Å²) in [7, 11) is 0. The number of benzene rings is 1. The zero-order valence-electron chi connectivity index (χ0n) is 10.6. The second-order valence-electron chi connectivity index (χ2n) is 4.60. The summed E-state index contributed by atoms with van der Waals surface area (Å²) in [5.74, 6) is -1.25. The average molecular weight is 296 g/mol. The van der Waals surface area contributed by atoms with Gasteiger partial charge in [-0.3, -0.25) is 4.79 Å². The van der Waals surface area contributed by atoms with E-state index in [1.54, 1.807) is 17.0 Å². The number of aliphatic hydroxyl groups excluding tert-OH is 1. The highest BCUT2D eigenvalue weighted by molar-refractivity contribution is 6.32. The molecule has 0 aliphatic carbocycles. The van der Waals surface area contributed by atoms with Crippen LogP contribution in [0.2, 0.25) is 5.02 Å². The van der Waals surface area contributed by atoms with Crippen LogP contribution in [-0.4, -0.2) is 46.2 Å². The first-order chi connectivity index (χ1) is 9.47. The summed E-state index contributed by atoms with van der Waals surface area (Å²) >= 11 is 6.03.